The van der Waals surface area contributed by atoms with Crippen molar-refractivity contribution in [2.24, 2.45) is 0 Å². The van der Waals surface area contributed by atoms with E-state index in [-0.39, 0.29) is 11.8 Å². The molecule has 1 aromatic heterocycles. The van der Waals surface area contributed by atoms with Crippen molar-refractivity contribution in [3.8, 4) is 11.3 Å². The minimum absolute atomic E-state index is 0.00976. The molecule has 1 unspecified atom stereocenters. The van der Waals surface area contributed by atoms with Crippen molar-refractivity contribution < 1.29 is 14.7 Å². The first-order valence-electron chi connectivity index (χ1n) is 9.55. The summed E-state index contributed by atoms with van der Waals surface area (Å²) in [6.07, 6.45) is 2.89. The van der Waals surface area contributed by atoms with Gasteiger partial charge in [-0.15, -0.1) is 0 Å². The summed E-state index contributed by atoms with van der Waals surface area (Å²) in [5.41, 5.74) is 3.79. The first-order valence-corrected chi connectivity index (χ1v) is 9.55. The second kappa shape index (κ2) is 6.88. The fraction of sp³-hybridized carbons (Fsp3) is 0.261. The molecule has 0 fully saturated rings. The van der Waals surface area contributed by atoms with Crippen molar-refractivity contribution in [2.45, 2.75) is 38.8 Å². The molecular formula is C23H23N3O3. The van der Waals surface area contributed by atoms with Crippen LogP contribution >= 0.6 is 0 Å². The Morgan fingerprint density at radius 2 is 1.79 bits per heavy atom. The van der Waals surface area contributed by atoms with Gasteiger partial charge < -0.3 is 9.67 Å². The maximum atomic E-state index is 13.0. The summed E-state index contributed by atoms with van der Waals surface area (Å²) in [6, 6.07) is 14.8. The highest BCUT2D eigenvalue weighted by Crippen LogP contribution is 2.41. The molecule has 1 atom stereocenters. The Kier molecular flexibility index (Phi) is 4.49. The van der Waals surface area contributed by atoms with Crippen LogP contribution < -0.4 is 4.90 Å². The summed E-state index contributed by atoms with van der Waals surface area (Å²) in [5.74, 6) is 0.00976. The Hall–Kier alpha value is -3.41. The molecule has 0 saturated heterocycles. The number of hydrogen-bond acceptors (Lipinski definition) is 3. The molecule has 3 aromatic rings. The lowest BCUT2D eigenvalue weighted by Gasteiger charge is -2.33. The van der Waals surface area contributed by atoms with Crippen LogP contribution in [0.5, 0.6) is 0 Å². The number of Topliss-reactive ketones (excluding diaryl/α,β-unsaturated/α-hetero) is 1. The van der Waals surface area contributed by atoms with Gasteiger partial charge in [0.05, 0.1) is 24.3 Å². The van der Waals surface area contributed by atoms with Gasteiger partial charge in [-0.1, -0.05) is 24.3 Å². The Balaban J connectivity index is 1.58. The Morgan fingerprint density at radius 1 is 1.10 bits per heavy atom. The first kappa shape index (κ1) is 18.9. The molecule has 0 saturated carbocycles. The molecule has 1 aliphatic rings. The maximum absolute atomic E-state index is 13.0. The lowest BCUT2D eigenvalue weighted by Crippen LogP contribution is -2.45. The number of imidazole rings is 1. The minimum Gasteiger partial charge on any atom is -0.465 e. The average molecular weight is 389 g/mol. The molecule has 0 spiro atoms. The van der Waals surface area contributed by atoms with E-state index in [1.165, 1.54) is 4.90 Å². The number of benzene rings is 2. The molecule has 1 N–H and O–H groups in total. The predicted molar refractivity (Wildman–Crippen MR) is 111 cm³/mol. The zero-order chi connectivity index (χ0) is 20.8. The van der Waals surface area contributed by atoms with Crippen molar-refractivity contribution in [1.29, 1.82) is 0 Å². The second-order valence-electron chi connectivity index (χ2n) is 8.25. The number of hydrogen-bond donors (Lipinski definition) is 1. The molecule has 4 rings (SSSR count). The molecule has 0 bridgehead atoms. The Bertz CT molecular complexity index is 1080. The van der Waals surface area contributed by atoms with Crippen molar-refractivity contribution in [1.82, 2.24) is 9.55 Å². The van der Waals surface area contributed by atoms with Gasteiger partial charge in [-0.25, -0.2) is 9.78 Å². The van der Waals surface area contributed by atoms with Crippen molar-refractivity contribution in [3.63, 3.8) is 0 Å². The van der Waals surface area contributed by atoms with Gasteiger partial charge in [-0.05, 0) is 50.6 Å². The quantitative estimate of drug-likeness (QED) is 0.637. The van der Waals surface area contributed by atoms with Crippen LogP contribution in [0.2, 0.25) is 0 Å². The molecule has 6 nitrogen and oxygen atoms in total. The summed E-state index contributed by atoms with van der Waals surface area (Å²) in [5, 5.41) is 9.55. The van der Waals surface area contributed by atoms with E-state index >= 15 is 0 Å². The monoisotopic (exact) mass is 389 g/mol. The number of carboxylic acid groups (broad SMARTS) is 1. The van der Waals surface area contributed by atoms with Crippen molar-refractivity contribution >= 4 is 17.6 Å². The zero-order valence-corrected chi connectivity index (χ0v) is 16.7. The summed E-state index contributed by atoms with van der Waals surface area (Å²) in [6.45, 7) is 5.50. The number of carbonyl (C=O) groups is 2. The number of carbonyl (C=O) groups excluding carboxylic acids is 1. The fourth-order valence-electron chi connectivity index (χ4n) is 4.02. The topological polar surface area (TPSA) is 75.4 Å². The standard InChI is InChI=1S/C23H23N3O3/c1-23(2,3)26(22(28)29)16-10-8-15(9-11-16)21(27)12-19-17-6-4-5-7-18(17)20-13-24-14-25(19)20/h4-11,13-14,19H,12H2,1-3H3,(H,28,29). The van der Waals surface area contributed by atoms with E-state index in [9.17, 15) is 14.7 Å². The van der Waals surface area contributed by atoms with Gasteiger partial charge in [0.15, 0.2) is 5.78 Å². The molecule has 1 aliphatic heterocycles. The molecule has 6 heteroatoms. The van der Waals surface area contributed by atoms with Gasteiger partial charge in [-0.3, -0.25) is 9.69 Å². The third-order valence-electron chi connectivity index (χ3n) is 5.29. The number of ketones is 1. The van der Waals surface area contributed by atoms with E-state index in [2.05, 4.69) is 17.1 Å². The fourth-order valence-corrected chi connectivity index (χ4v) is 4.02. The molecule has 1 amide bonds. The van der Waals surface area contributed by atoms with Crippen LogP contribution in [0.15, 0.2) is 61.1 Å². The molecule has 0 aliphatic carbocycles. The number of nitrogens with zero attached hydrogens (tertiary/aromatic N) is 3. The molecular weight excluding hydrogens is 366 g/mol. The van der Waals surface area contributed by atoms with Crippen LogP contribution in [0, 0.1) is 0 Å². The lowest BCUT2D eigenvalue weighted by atomic mass is 9.96. The van der Waals surface area contributed by atoms with Gasteiger partial charge in [0, 0.05) is 28.8 Å². The van der Waals surface area contributed by atoms with Crippen LogP contribution in [0.25, 0.3) is 11.3 Å². The highest BCUT2D eigenvalue weighted by Gasteiger charge is 2.31. The number of amides is 1. The predicted octanol–water partition coefficient (Wildman–Crippen LogP) is 5.01. The van der Waals surface area contributed by atoms with E-state index in [0.717, 1.165) is 16.8 Å². The Morgan fingerprint density at radius 3 is 2.45 bits per heavy atom. The molecule has 2 aromatic carbocycles. The molecule has 29 heavy (non-hydrogen) atoms. The van der Waals surface area contributed by atoms with Crippen LogP contribution in [-0.4, -0.2) is 32.1 Å². The summed E-state index contributed by atoms with van der Waals surface area (Å²) < 4.78 is 2.04. The van der Waals surface area contributed by atoms with Gasteiger partial charge in [0.1, 0.15) is 0 Å². The third-order valence-corrected chi connectivity index (χ3v) is 5.29. The third kappa shape index (κ3) is 3.31. The van der Waals surface area contributed by atoms with Crippen LogP contribution in [0.1, 0.15) is 49.2 Å². The summed E-state index contributed by atoms with van der Waals surface area (Å²) >= 11 is 0. The highest BCUT2D eigenvalue weighted by atomic mass is 16.4. The van der Waals surface area contributed by atoms with E-state index in [4.69, 9.17) is 0 Å². The van der Waals surface area contributed by atoms with E-state index in [1.54, 1.807) is 30.6 Å². The van der Waals surface area contributed by atoms with E-state index < -0.39 is 11.6 Å². The number of aromatic nitrogens is 2. The maximum Gasteiger partial charge on any atom is 0.412 e. The molecule has 0 radical (unpaired) electrons. The van der Waals surface area contributed by atoms with Gasteiger partial charge >= 0.3 is 6.09 Å². The van der Waals surface area contributed by atoms with Gasteiger partial charge in [-0.2, -0.15) is 0 Å². The summed E-state index contributed by atoms with van der Waals surface area (Å²) in [4.78, 5) is 30.2. The van der Waals surface area contributed by atoms with E-state index in [1.807, 2.05) is 43.7 Å². The van der Waals surface area contributed by atoms with Gasteiger partial charge in [0.25, 0.3) is 0 Å². The smallest absolute Gasteiger partial charge is 0.412 e. The van der Waals surface area contributed by atoms with Crippen LogP contribution in [-0.2, 0) is 0 Å². The van der Waals surface area contributed by atoms with Crippen LogP contribution in [0.4, 0.5) is 10.5 Å². The SMILES string of the molecule is CC(C)(C)N(C(=O)O)c1ccc(C(=O)CC2c3ccccc3-c3cncn32)cc1. The van der Waals surface area contributed by atoms with Crippen LogP contribution in [0.3, 0.4) is 0 Å². The number of fused-ring (bicyclic) bond motifs is 3. The van der Waals surface area contributed by atoms with Crippen molar-refractivity contribution in [3.05, 3.63) is 72.2 Å². The molecule has 148 valence electrons. The number of rotatable bonds is 4. The zero-order valence-electron chi connectivity index (χ0n) is 16.7. The van der Waals surface area contributed by atoms with Gasteiger partial charge in [0.2, 0.25) is 0 Å². The minimum atomic E-state index is -1.02. The highest BCUT2D eigenvalue weighted by molar-refractivity contribution is 5.98. The number of anilines is 1. The summed E-state index contributed by atoms with van der Waals surface area (Å²) in [7, 11) is 0. The second-order valence-corrected chi connectivity index (χ2v) is 8.25. The molecule has 2 heterocycles. The average Bonchev–Trinajstić information content (AvgIpc) is 3.24. The van der Waals surface area contributed by atoms with Crippen molar-refractivity contribution in [2.75, 3.05) is 4.90 Å². The normalized spacial score (nSPS) is 14.9. The first-order chi connectivity index (χ1) is 13.8. The lowest BCUT2D eigenvalue weighted by molar-refractivity contribution is 0.0970. The van der Waals surface area contributed by atoms with E-state index in [0.29, 0.717) is 17.7 Å². The Labute approximate surface area is 169 Å². The largest absolute Gasteiger partial charge is 0.465 e.